The highest BCUT2D eigenvalue weighted by atomic mass is 79.9. The number of hydrogen-bond acceptors (Lipinski definition) is 10. The molecule has 9 unspecified atom stereocenters. The molecule has 7 N–H and O–H groups in total. The molecule has 0 aromatic rings. The quantitative estimate of drug-likeness (QED) is 0.0310. The molecule has 8 fully saturated rings. The van der Waals surface area contributed by atoms with Crippen LogP contribution in [0.15, 0.2) is 0 Å². The molecule has 0 amide bonds. The zero-order chi connectivity index (χ0) is 39.5. The van der Waals surface area contributed by atoms with Crippen LogP contribution in [0.4, 0.5) is 0 Å². The molecule has 0 bridgehead atoms. The van der Waals surface area contributed by atoms with Gasteiger partial charge in [-0.2, -0.15) is 0 Å². The van der Waals surface area contributed by atoms with E-state index in [0.717, 1.165) is 79.4 Å². The summed E-state index contributed by atoms with van der Waals surface area (Å²) in [5.74, 6) is 6.61. The molecule has 324 valence electrons. The highest BCUT2D eigenvalue weighted by Gasteiger charge is 3.08. The number of aliphatic hydroxyl groups excluding tert-OH is 6. The van der Waals surface area contributed by atoms with Crippen LogP contribution in [0.5, 0.6) is 0 Å². The third-order valence-corrected chi connectivity index (χ3v) is 17.9. The van der Waals surface area contributed by atoms with Crippen LogP contribution in [0.2, 0.25) is 0 Å². The van der Waals surface area contributed by atoms with E-state index >= 15 is 0 Å². The number of aliphatic hydroxyl groups is 6. The second-order valence-corrected chi connectivity index (χ2v) is 21.1. The van der Waals surface area contributed by atoms with E-state index in [0.29, 0.717) is 24.0 Å². The van der Waals surface area contributed by atoms with Gasteiger partial charge in [-0.3, -0.25) is 5.32 Å². The van der Waals surface area contributed by atoms with Gasteiger partial charge in [-0.1, -0.05) is 151 Å². The minimum atomic E-state index is -1.55. The predicted octanol–water partition coefficient (Wildman–Crippen LogP) is 6.13. The Hall–Kier alpha value is 0.0800. The normalized spacial score (nSPS) is 40.6. The maximum absolute atomic E-state index is 11.5. The fourth-order valence-electron chi connectivity index (χ4n) is 13.5. The van der Waals surface area contributed by atoms with Gasteiger partial charge >= 0.3 is 0 Å². The summed E-state index contributed by atoms with van der Waals surface area (Å²) in [6.45, 7) is 2.61. The van der Waals surface area contributed by atoms with Crippen molar-refractivity contribution in [1.82, 2.24) is 5.32 Å². The minimum absolute atomic E-state index is 0.108. The SMILES string of the molecule is CCCCCCCCCCCCCC[C@@H](O)[C@@H](O)[C@H](COC1OC(CO)C(O)C(O)C1O)NC1(CCCCCCCCCCC23C4C5C6C4C2C6(Br)C53)COC1. The molecule has 6 saturated carbocycles. The van der Waals surface area contributed by atoms with Crippen LogP contribution in [0.3, 0.4) is 0 Å². The maximum Gasteiger partial charge on any atom is 0.186 e. The second-order valence-electron chi connectivity index (χ2n) is 19.7. The van der Waals surface area contributed by atoms with Crippen molar-refractivity contribution in [3.63, 3.8) is 0 Å². The zero-order valence-corrected chi connectivity index (χ0v) is 36.0. The third kappa shape index (κ3) is 8.11. The molecule has 0 spiro atoms. The molecule has 2 heterocycles. The lowest BCUT2D eigenvalue weighted by Gasteiger charge is -3.11. The molecule has 10 nitrogen and oxygen atoms in total. The van der Waals surface area contributed by atoms with Crippen LogP contribution in [0.25, 0.3) is 0 Å². The van der Waals surface area contributed by atoms with E-state index in [4.69, 9.17) is 14.2 Å². The van der Waals surface area contributed by atoms with Gasteiger partial charge in [-0.05, 0) is 60.2 Å². The molecule has 6 aliphatic carbocycles. The summed E-state index contributed by atoms with van der Waals surface area (Å²) in [5.41, 5.74) is 0.450. The van der Waals surface area contributed by atoms with Crippen LogP contribution in [0.1, 0.15) is 155 Å². The van der Waals surface area contributed by atoms with Crippen molar-refractivity contribution in [3.05, 3.63) is 0 Å². The molecule has 0 radical (unpaired) electrons. The molecular formula is C45H78BrNO9. The molecule has 12 atom stereocenters. The first-order chi connectivity index (χ1) is 27.2. The Morgan fingerprint density at radius 2 is 1.23 bits per heavy atom. The standard InChI is InChI=1S/C45H78BrNO9/c1-2-3-4-5-6-7-8-9-10-13-16-19-22-30(49)36(50)29(26-55-42-39(53)38(52)37(51)31(25-48)56-42)47-43(27-54-28-43)23-20-17-14-11-12-15-18-21-24-44-34-32-35-33(34)41(44)45(35,46)40(32)44/h29-42,47-53H,2-28H2,1H3/t29-,30+,31?,32?,33?,34?,35?,36-,37?,38?,39?,40?,41?,42?,44?,45?/m0/s1. The first-order valence-corrected chi connectivity index (χ1v) is 24.3. The molecule has 0 aromatic heterocycles. The lowest BCUT2D eigenvalue weighted by molar-refractivity contribution is -0.595. The van der Waals surface area contributed by atoms with Gasteiger partial charge in [-0.25, -0.2) is 0 Å². The van der Waals surface area contributed by atoms with Crippen molar-refractivity contribution in [2.45, 2.75) is 213 Å². The number of halogens is 1. The highest BCUT2D eigenvalue weighted by Crippen LogP contribution is 3.09. The van der Waals surface area contributed by atoms with E-state index < -0.39 is 55.6 Å². The predicted molar refractivity (Wildman–Crippen MR) is 219 cm³/mol. The Kier molecular flexibility index (Phi) is 15.3. The molecule has 56 heavy (non-hydrogen) atoms. The summed E-state index contributed by atoms with van der Waals surface area (Å²) in [6.07, 6.45) is 18.6. The van der Waals surface area contributed by atoms with Crippen LogP contribution >= 0.6 is 15.9 Å². The molecule has 0 aromatic carbocycles. The Balaban J connectivity index is 0.791. The number of alkyl halides is 1. The van der Waals surface area contributed by atoms with E-state index in [9.17, 15) is 30.6 Å². The fourth-order valence-corrected chi connectivity index (χ4v) is 15.5. The summed E-state index contributed by atoms with van der Waals surface area (Å²) in [5, 5.41) is 67.0. The van der Waals surface area contributed by atoms with E-state index in [-0.39, 0.29) is 12.1 Å². The van der Waals surface area contributed by atoms with Crippen molar-refractivity contribution >= 4 is 15.9 Å². The smallest absolute Gasteiger partial charge is 0.186 e. The number of nitrogens with one attached hydrogen (secondary N) is 1. The number of ether oxygens (including phenoxy) is 3. The number of rotatable bonds is 32. The molecule has 11 heteroatoms. The average Bonchev–Trinajstić information content (AvgIpc) is 3.18. The summed E-state index contributed by atoms with van der Waals surface area (Å²) >= 11 is 4.15. The van der Waals surface area contributed by atoms with Gasteiger partial charge in [0.05, 0.1) is 50.2 Å². The van der Waals surface area contributed by atoms with Crippen molar-refractivity contribution in [1.29, 1.82) is 0 Å². The molecule has 2 aliphatic heterocycles. The van der Waals surface area contributed by atoms with Crippen LogP contribution in [-0.4, -0.2) is 116 Å². The maximum atomic E-state index is 11.5. The summed E-state index contributed by atoms with van der Waals surface area (Å²) in [7, 11) is 0. The third-order valence-electron chi connectivity index (χ3n) is 16.4. The molecule has 8 rings (SSSR count). The van der Waals surface area contributed by atoms with Crippen LogP contribution in [-0.2, 0) is 14.2 Å². The number of unbranched alkanes of at least 4 members (excludes halogenated alkanes) is 18. The summed E-state index contributed by atoms with van der Waals surface area (Å²) in [4.78, 5) is 0. The van der Waals surface area contributed by atoms with Gasteiger partial charge < -0.3 is 44.8 Å². The topological polar surface area (TPSA) is 161 Å². The van der Waals surface area contributed by atoms with E-state index in [2.05, 4.69) is 28.2 Å². The van der Waals surface area contributed by atoms with Crippen molar-refractivity contribution < 1.29 is 44.8 Å². The van der Waals surface area contributed by atoms with Gasteiger partial charge in [0.15, 0.2) is 6.29 Å². The van der Waals surface area contributed by atoms with Crippen molar-refractivity contribution in [3.8, 4) is 0 Å². The van der Waals surface area contributed by atoms with Gasteiger partial charge in [0.2, 0.25) is 0 Å². The van der Waals surface area contributed by atoms with E-state index in [1.54, 1.807) is 0 Å². The van der Waals surface area contributed by atoms with Crippen molar-refractivity contribution in [2.24, 2.45) is 40.9 Å². The lowest BCUT2D eigenvalue weighted by Crippen LogP contribution is -3.11. The average molecular weight is 857 g/mol. The Morgan fingerprint density at radius 1 is 0.696 bits per heavy atom. The van der Waals surface area contributed by atoms with Gasteiger partial charge in [0, 0.05) is 4.32 Å². The summed E-state index contributed by atoms with van der Waals surface area (Å²) < 4.78 is 17.8. The van der Waals surface area contributed by atoms with Crippen LogP contribution in [0, 0.1) is 40.9 Å². The molecule has 8 aliphatic rings. The highest BCUT2D eigenvalue weighted by molar-refractivity contribution is 9.10. The zero-order valence-electron chi connectivity index (χ0n) is 34.5. The summed E-state index contributed by atoms with van der Waals surface area (Å²) in [6, 6.07) is -0.689. The first-order valence-electron chi connectivity index (χ1n) is 23.5. The fraction of sp³-hybridized carbons (Fsp3) is 1.00. The van der Waals surface area contributed by atoms with Crippen molar-refractivity contribution in [2.75, 3.05) is 26.4 Å². The first kappa shape index (κ1) is 44.1. The molecular weight excluding hydrogens is 778 g/mol. The molecule has 2 saturated heterocycles. The van der Waals surface area contributed by atoms with Gasteiger partial charge in [0.25, 0.3) is 0 Å². The second kappa shape index (κ2) is 19.4. The minimum Gasteiger partial charge on any atom is -0.394 e. The van der Waals surface area contributed by atoms with Crippen LogP contribution < -0.4 is 5.32 Å². The van der Waals surface area contributed by atoms with Gasteiger partial charge in [0.1, 0.15) is 24.4 Å². The van der Waals surface area contributed by atoms with Gasteiger partial charge in [-0.15, -0.1) is 0 Å². The monoisotopic (exact) mass is 855 g/mol. The van der Waals surface area contributed by atoms with E-state index in [1.165, 1.54) is 103 Å². The van der Waals surface area contributed by atoms with E-state index in [1.807, 2.05) is 0 Å². The largest absolute Gasteiger partial charge is 0.394 e. The Labute approximate surface area is 345 Å². The Morgan fingerprint density at radius 3 is 1.75 bits per heavy atom. The number of hydrogen-bond donors (Lipinski definition) is 7. The lowest BCUT2D eigenvalue weighted by atomic mass is 8.96. The Bertz CT molecular complexity index is 1200.